The van der Waals surface area contributed by atoms with Crippen LogP contribution in [-0.4, -0.2) is 27.5 Å². The molecular formula is C22H25F2N3O2. The Hall–Kier alpha value is -2.41. The third kappa shape index (κ3) is 4.61. The average Bonchev–Trinajstić information content (AvgIpc) is 3.19. The molecule has 1 aliphatic heterocycles. The molecule has 1 aliphatic carbocycles. The van der Waals surface area contributed by atoms with Crippen LogP contribution in [0.5, 0.6) is 0 Å². The van der Waals surface area contributed by atoms with Crippen LogP contribution in [0.2, 0.25) is 0 Å². The van der Waals surface area contributed by atoms with Crippen LogP contribution in [0.15, 0.2) is 30.6 Å². The summed E-state index contributed by atoms with van der Waals surface area (Å²) in [4.78, 5) is 27.1. The molecule has 154 valence electrons. The molecule has 1 aromatic heterocycles. The minimum absolute atomic E-state index is 0.0747. The molecule has 5 nitrogen and oxygen atoms in total. The molecule has 1 amide bonds. The Morgan fingerprint density at radius 2 is 1.72 bits per heavy atom. The van der Waals surface area contributed by atoms with Crippen molar-refractivity contribution in [3.05, 3.63) is 59.2 Å². The predicted molar refractivity (Wildman–Crippen MR) is 102 cm³/mol. The highest BCUT2D eigenvalue weighted by Gasteiger charge is 2.37. The number of hydrogen-bond acceptors (Lipinski definition) is 4. The van der Waals surface area contributed by atoms with Crippen molar-refractivity contribution in [1.82, 2.24) is 15.0 Å². The maximum Gasteiger partial charge on any atom is 0.249 e. The molecule has 2 aliphatic rings. The van der Waals surface area contributed by atoms with Crippen molar-refractivity contribution in [1.29, 1.82) is 0 Å². The molecule has 2 heterocycles. The lowest BCUT2D eigenvalue weighted by Gasteiger charge is -2.32. The molecule has 1 aromatic carbocycles. The molecule has 2 fully saturated rings. The van der Waals surface area contributed by atoms with E-state index < -0.39 is 17.7 Å². The molecule has 0 spiro atoms. The van der Waals surface area contributed by atoms with Crippen molar-refractivity contribution in [3.63, 3.8) is 0 Å². The van der Waals surface area contributed by atoms with Gasteiger partial charge in [-0.25, -0.2) is 23.8 Å². The summed E-state index contributed by atoms with van der Waals surface area (Å²) < 4.78 is 27.2. The van der Waals surface area contributed by atoms with E-state index in [0.29, 0.717) is 24.5 Å². The topological polar surface area (TPSA) is 55.3 Å². The third-order valence-corrected chi connectivity index (χ3v) is 5.95. The lowest BCUT2D eigenvalue weighted by atomic mass is 9.79. The quantitative estimate of drug-likeness (QED) is 0.766. The smallest absolute Gasteiger partial charge is 0.249 e. The molecule has 4 rings (SSSR count). The maximum absolute atomic E-state index is 13.6. The van der Waals surface area contributed by atoms with E-state index in [1.54, 1.807) is 0 Å². The Labute approximate surface area is 169 Å². The molecule has 0 unspecified atom stereocenters. The van der Waals surface area contributed by atoms with Crippen molar-refractivity contribution in [3.8, 4) is 0 Å². The second kappa shape index (κ2) is 8.53. The van der Waals surface area contributed by atoms with E-state index in [-0.39, 0.29) is 11.8 Å². The SMILES string of the molecule is Cc1ncc(C[C@H]2CC[C@H](C(=O)N3OCC[C@H]3c3cc(F)cc(F)c3)CC2)cn1. The van der Waals surface area contributed by atoms with E-state index >= 15 is 0 Å². The number of halogens is 2. The second-order valence-corrected chi connectivity index (χ2v) is 8.06. The minimum Gasteiger partial charge on any atom is -0.272 e. The zero-order valence-electron chi connectivity index (χ0n) is 16.5. The molecule has 1 atom stereocenters. The molecular weight excluding hydrogens is 376 g/mol. The van der Waals surface area contributed by atoms with Gasteiger partial charge < -0.3 is 0 Å². The van der Waals surface area contributed by atoms with E-state index in [2.05, 4.69) is 9.97 Å². The third-order valence-electron chi connectivity index (χ3n) is 5.95. The Balaban J connectivity index is 1.36. The highest BCUT2D eigenvalue weighted by molar-refractivity contribution is 5.78. The summed E-state index contributed by atoms with van der Waals surface area (Å²) in [6, 6.07) is 2.97. The van der Waals surface area contributed by atoms with E-state index in [1.165, 1.54) is 17.2 Å². The zero-order valence-corrected chi connectivity index (χ0v) is 16.5. The molecule has 2 aromatic rings. The van der Waals surface area contributed by atoms with Crippen LogP contribution in [0, 0.1) is 30.4 Å². The average molecular weight is 401 g/mol. The van der Waals surface area contributed by atoms with Crippen LogP contribution in [0.3, 0.4) is 0 Å². The van der Waals surface area contributed by atoms with Gasteiger partial charge in [0.15, 0.2) is 0 Å². The van der Waals surface area contributed by atoms with Crippen molar-refractivity contribution < 1.29 is 18.4 Å². The molecule has 0 N–H and O–H groups in total. The number of carbonyl (C=O) groups excluding carboxylic acids is 1. The van der Waals surface area contributed by atoms with Gasteiger partial charge in [0.1, 0.15) is 17.5 Å². The first kappa shape index (κ1) is 19.9. The van der Waals surface area contributed by atoms with Crippen molar-refractivity contribution >= 4 is 5.91 Å². The van der Waals surface area contributed by atoms with Gasteiger partial charge in [-0.15, -0.1) is 0 Å². The number of hydroxylamine groups is 2. The molecule has 1 saturated carbocycles. The summed E-state index contributed by atoms with van der Waals surface area (Å²) in [7, 11) is 0. The Kier molecular flexibility index (Phi) is 5.85. The number of rotatable bonds is 4. The van der Waals surface area contributed by atoms with Crippen LogP contribution in [0.1, 0.15) is 55.1 Å². The number of hydrogen-bond donors (Lipinski definition) is 0. The van der Waals surface area contributed by atoms with E-state index in [1.807, 2.05) is 19.3 Å². The maximum atomic E-state index is 13.6. The van der Waals surface area contributed by atoms with Crippen molar-refractivity contribution in [2.45, 2.75) is 51.5 Å². The summed E-state index contributed by atoms with van der Waals surface area (Å²) in [6.07, 6.45) is 8.71. The van der Waals surface area contributed by atoms with Gasteiger partial charge >= 0.3 is 0 Å². The lowest BCUT2D eigenvalue weighted by molar-refractivity contribution is -0.183. The fourth-order valence-corrected chi connectivity index (χ4v) is 4.41. The molecule has 7 heteroatoms. The summed E-state index contributed by atoms with van der Waals surface area (Å²) in [5.41, 5.74) is 1.57. The molecule has 29 heavy (non-hydrogen) atoms. The lowest BCUT2D eigenvalue weighted by Crippen LogP contribution is -2.36. The van der Waals surface area contributed by atoms with Gasteiger partial charge in [0.05, 0.1) is 12.6 Å². The first-order valence-electron chi connectivity index (χ1n) is 10.2. The Bertz CT molecular complexity index is 847. The van der Waals surface area contributed by atoms with E-state index in [0.717, 1.165) is 49.6 Å². The van der Waals surface area contributed by atoms with Crippen molar-refractivity contribution in [2.24, 2.45) is 11.8 Å². The first-order chi connectivity index (χ1) is 14.0. The number of nitrogens with zero attached hydrogens (tertiary/aromatic N) is 3. The monoisotopic (exact) mass is 401 g/mol. The van der Waals surface area contributed by atoms with Crippen LogP contribution >= 0.6 is 0 Å². The number of carbonyl (C=O) groups is 1. The van der Waals surface area contributed by atoms with Crippen molar-refractivity contribution in [2.75, 3.05) is 6.61 Å². The van der Waals surface area contributed by atoms with Crippen LogP contribution < -0.4 is 0 Å². The minimum atomic E-state index is -0.639. The summed E-state index contributed by atoms with van der Waals surface area (Å²) >= 11 is 0. The molecule has 1 saturated heterocycles. The number of aromatic nitrogens is 2. The second-order valence-electron chi connectivity index (χ2n) is 8.06. The fourth-order valence-electron chi connectivity index (χ4n) is 4.41. The van der Waals surface area contributed by atoms with Gasteiger partial charge in [-0.1, -0.05) is 0 Å². The van der Waals surface area contributed by atoms with Crippen LogP contribution in [-0.2, 0) is 16.1 Å². The molecule has 0 radical (unpaired) electrons. The van der Waals surface area contributed by atoms with Gasteiger partial charge in [0.25, 0.3) is 0 Å². The van der Waals surface area contributed by atoms with Gasteiger partial charge in [-0.3, -0.25) is 9.63 Å². The van der Waals surface area contributed by atoms with Gasteiger partial charge in [0, 0.05) is 30.8 Å². The van der Waals surface area contributed by atoms with Gasteiger partial charge in [-0.05, 0) is 68.2 Å². The summed E-state index contributed by atoms with van der Waals surface area (Å²) in [6.45, 7) is 2.24. The Morgan fingerprint density at radius 3 is 2.38 bits per heavy atom. The summed E-state index contributed by atoms with van der Waals surface area (Å²) in [5.74, 6) is -0.187. The number of aryl methyl sites for hydroxylation is 1. The predicted octanol–water partition coefficient (Wildman–Crippen LogP) is 4.32. The van der Waals surface area contributed by atoms with Crippen LogP contribution in [0.4, 0.5) is 8.78 Å². The molecule has 0 bridgehead atoms. The van der Waals surface area contributed by atoms with Gasteiger partial charge in [0.2, 0.25) is 5.91 Å². The van der Waals surface area contributed by atoms with Gasteiger partial charge in [-0.2, -0.15) is 0 Å². The number of amides is 1. The zero-order chi connectivity index (χ0) is 20.4. The van der Waals surface area contributed by atoms with Crippen LogP contribution in [0.25, 0.3) is 0 Å². The van der Waals surface area contributed by atoms with E-state index in [9.17, 15) is 13.6 Å². The first-order valence-corrected chi connectivity index (χ1v) is 10.2. The largest absolute Gasteiger partial charge is 0.272 e. The highest BCUT2D eigenvalue weighted by Crippen LogP contribution is 2.37. The standard InChI is InChI=1S/C22H25F2N3O2/c1-14-25-12-16(13-26-14)8-15-2-4-17(5-3-15)22(28)27-21(6-7-29-27)18-9-19(23)11-20(24)10-18/h9-13,15,17,21H,2-8H2,1H3/t15-,17-,21-/m0/s1. The number of benzene rings is 1. The van der Waals surface area contributed by atoms with E-state index in [4.69, 9.17) is 4.84 Å². The Morgan fingerprint density at radius 1 is 1.07 bits per heavy atom. The summed E-state index contributed by atoms with van der Waals surface area (Å²) in [5, 5.41) is 1.35. The highest BCUT2D eigenvalue weighted by atomic mass is 19.1. The fraction of sp³-hybridized carbons (Fsp3) is 0.500. The normalized spacial score (nSPS) is 24.7.